The van der Waals surface area contributed by atoms with Crippen LogP contribution in [-0.2, 0) is 28.6 Å². The van der Waals surface area contributed by atoms with Crippen LogP contribution >= 0.6 is 0 Å². The first-order valence-corrected chi connectivity index (χ1v) is 23.6. The number of carbonyl (C=O) groups excluding carboxylic acids is 3. The van der Waals surface area contributed by atoms with Crippen LogP contribution in [-0.4, -0.2) is 37.2 Å². The first-order chi connectivity index (χ1) is 27.5. The summed E-state index contributed by atoms with van der Waals surface area (Å²) < 4.78 is 16.6. The molecule has 0 heterocycles. The molecule has 6 heteroatoms. The molecule has 0 saturated heterocycles. The Kier molecular flexibility index (Phi) is 43.0. The number of esters is 3. The van der Waals surface area contributed by atoms with Crippen molar-refractivity contribution in [1.29, 1.82) is 0 Å². The highest BCUT2D eigenvalue weighted by Gasteiger charge is 2.19. The van der Waals surface area contributed by atoms with Crippen LogP contribution in [0.3, 0.4) is 0 Å². The molecule has 0 aliphatic rings. The lowest BCUT2D eigenvalue weighted by atomic mass is 10.0. The number of ether oxygens (including phenoxy) is 3. The molecule has 0 aromatic heterocycles. The van der Waals surface area contributed by atoms with Crippen LogP contribution in [0.2, 0.25) is 0 Å². The summed E-state index contributed by atoms with van der Waals surface area (Å²) in [6, 6.07) is 0. The van der Waals surface area contributed by atoms with Gasteiger partial charge in [-0.2, -0.15) is 0 Å². The summed E-state index contributed by atoms with van der Waals surface area (Å²) in [6.45, 7) is 6.40. The lowest BCUT2D eigenvalue weighted by molar-refractivity contribution is -0.166. The molecule has 0 spiro atoms. The predicted molar refractivity (Wildman–Crippen MR) is 238 cm³/mol. The fraction of sp³-hybridized carbons (Fsp3) is 0.780. The zero-order valence-electron chi connectivity index (χ0n) is 36.9. The summed E-state index contributed by atoms with van der Waals surface area (Å²) in [5.74, 6) is -1.05. The van der Waals surface area contributed by atoms with Crippen LogP contribution in [0, 0.1) is 0 Å². The summed E-state index contributed by atoms with van der Waals surface area (Å²) in [5.41, 5.74) is 0. The van der Waals surface area contributed by atoms with Gasteiger partial charge in [-0.15, -0.1) is 0 Å². The van der Waals surface area contributed by atoms with Crippen LogP contribution < -0.4 is 0 Å². The highest BCUT2D eigenvalue weighted by Crippen LogP contribution is 2.15. The van der Waals surface area contributed by atoms with Gasteiger partial charge in [0.1, 0.15) is 13.2 Å². The summed E-state index contributed by atoms with van der Waals surface area (Å²) in [5, 5.41) is 0. The van der Waals surface area contributed by atoms with Gasteiger partial charge in [-0.3, -0.25) is 14.4 Å². The Hall–Kier alpha value is -2.63. The SMILES string of the molecule is CC/C=C\C/C=C\C/C=C\CC(=O)OCC(COC(=O)CCCCCCCCCCCCCCCCCC)OC(=O)CCCCC/C=C\CCCCCCCC. The molecule has 1 unspecified atom stereocenters. The molecule has 0 aromatic rings. The van der Waals surface area contributed by atoms with Gasteiger partial charge < -0.3 is 14.2 Å². The molecule has 0 saturated carbocycles. The van der Waals surface area contributed by atoms with Crippen molar-refractivity contribution in [3.63, 3.8) is 0 Å². The van der Waals surface area contributed by atoms with Gasteiger partial charge in [0, 0.05) is 12.8 Å². The number of carbonyl (C=O) groups is 3. The maximum Gasteiger partial charge on any atom is 0.309 e. The topological polar surface area (TPSA) is 78.9 Å². The second-order valence-corrected chi connectivity index (χ2v) is 15.7. The standard InChI is InChI=1S/C50H88O6/c1-4-7-10-13-16-19-21-23-24-25-27-28-31-34-37-40-43-49(52)55-46-47(45-54-48(51)42-39-36-33-30-18-15-12-9-6-3)56-50(53)44-41-38-35-32-29-26-22-20-17-14-11-8-5-2/h9,12,18,26,29-30,36,39,47H,4-8,10-11,13-17,19-25,27-28,31-35,37-38,40-46H2,1-3H3/b12-9-,29-26-,30-18-,39-36-. The third-order valence-electron chi connectivity index (χ3n) is 10.1. The quantitative estimate of drug-likeness (QED) is 0.0265. The van der Waals surface area contributed by atoms with Gasteiger partial charge in [0.15, 0.2) is 6.10 Å². The van der Waals surface area contributed by atoms with Crippen LogP contribution in [0.5, 0.6) is 0 Å². The molecule has 1 atom stereocenters. The average molecular weight is 785 g/mol. The third-order valence-corrected chi connectivity index (χ3v) is 10.1. The van der Waals surface area contributed by atoms with Gasteiger partial charge in [-0.1, -0.05) is 204 Å². The van der Waals surface area contributed by atoms with E-state index in [1.165, 1.54) is 122 Å². The van der Waals surface area contributed by atoms with Crippen molar-refractivity contribution in [3.8, 4) is 0 Å². The minimum atomic E-state index is -0.811. The third kappa shape index (κ3) is 42.5. The lowest BCUT2D eigenvalue weighted by Crippen LogP contribution is -2.30. The van der Waals surface area contributed by atoms with E-state index in [-0.39, 0.29) is 31.6 Å². The smallest absolute Gasteiger partial charge is 0.309 e. The van der Waals surface area contributed by atoms with E-state index in [0.29, 0.717) is 12.8 Å². The molecule has 0 N–H and O–H groups in total. The Morgan fingerprint density at radius 3 is 1.25 bits per heavy atom. The molecule has 0 fully saturated rings. The zero-order chi connectivity index (χ0) is 40.8. The minimum Gasteiger partial charge on any atom is -0.462 e. The van der Waals surface area contributed by atoms with E-state index in [4.69, 9.17) is 14.2 Å². The zero-order valence-corrected chi connectivity index (χ0v) is 36.9. The average Bonchev–Trinajstić information content (AvgIpc) is 3.19. The van der Waals surface area contributed by atoms with Gasteiger partial charge in [-0.05, 0) is 57.8 Å². The summed E-state index contributed by atoms with van der Waals surface area (Å²) in [4.78, 5) is 37.6. The summed E-state index contributed by atoms with van der Waals surface area (Å²) in [7, 11) is 0. The normalized spacial score (nSPS) is 12.4. The van der Waals surface area contributed by atoms with E-state index in [1.54, 1.807) is 6.08 Å². The van der Waals surface area contributed by atoms with Crippen LogP contribution in [0.1, 0.15) is 233 Å². The van der Waals surface area contributed by atoms with E-state index in [2.05, 4.69) is 57.2 Å². The van der Waals surface area contributed by atoms with Crippen molar-refractivity contribution in [1.82, 2.24) is 0 Å². The largest absolute Gasteiger partial charge is 0.462 e. The molecular weight excluding hydrogens is 697 g/mol. The van der Waals surface area contributed by atoms with Gasteiger partial charge >= 0.3 is 17.9 Å². The van der Waals surface area contributed by atoms with Crippen molar-refractivity contribution < 1.29 is 28.6 Å². The summed E-state index contributed by atoms with van der Waals surface area (Å²) >= 11 is 0. The number of rotatable bonds is 42. The predicted octanol–water partition coefficient (Wildman–Crippen LogP) is 15.1. The summed E-state index contributed by atoms with van der Waals surface area (Å²) in [6.07, 6.45) is 52.7. The van der Waals surface area contributed by atoms with Crippen LogP contribution in [0.4, 0.5) is 0 Å². The van der Waals surface area contributed by atoms with Crippen molar-refractivity contribution in [2.45, 2.75) is 239 Å². The number of hydrogen-bond acceptors (Lipinski definition) is 6. The minimum absolute atomic E-state index is 0.104. The Morgan fingerprint density at radius 1 is 0.393 bits per heavy atom. The molecule has 0 radical (unpaired) electrons. The number of allylic oxidation sites excluding steroid dienone is 7. The molecule has 324 valence electrons. The van der Waals surface area contributed by atoms with Crippen molar-refractivity contribution in [2.75, 3.05) is 13.2 Å². The number of hydrogen-bond donors (Lipinski definition) is 0. The van der Waals surface area contributed by atoms with E-state index in [1.807, 2.05) is 6.08 Å². The molecule has 56 heavy (non-hydrogen) atoms. The van der Waals surface area contributed by atoms with Crippen molar-refractivity contribution in [3.05, 3.63) is 48.6 Å². The highest BCUT2D eigenvalue weighted by molar-refractivity contribution is 5.72. The van der Waals surface area contributed by atoms with E-state index < -0.39 is 12.1 Å². The maximum absolute atomic E-state index is 12.7. The second kappa shape index (κ2) is 45.1. The number of unbranched alkanes of at least 4 members (excludes halogenated alkanes) is 24. The first kappa shape index (κ1) is 53.4. The molecule has 0 aliphatic carbocycles. The van der Waals surface area contributed by atoms with Crippen LogP contribution in [0.15, 0.2) is 48.6 Å². The molecule has 0 aliphatic heterocycles. The molecule has 6 nitrogen and oxygen atoms in total. The molecular formula is C50H88O6. The molecule has 0 bridgehead atoms. The monoisotopic (exact) mass is 785 g/mol. The van der Waals surface area contributed by atoms with Crippen LogP contribution in [0.25, 0.3) is 0 Å². The Morgan fingerprint density at radius 2 is 0.768 bits per heavy atom. The fourth-order valence-electron chi connectivity index (χ4n) is 6.56. The fourth-order valence-corrected chi connectivity index (χ4v) is 6.56. The first-order valence-electron chi connectivity index (χ1n) is 23.6. The Balaban J connectivity index is 4.38. The van der Waals surface area contributed by atoms with Crippen molar-refractivity contribution >= 4 is 17.9 Å². The van der Waals surface area contributed by atoms with Crippen molar-refractivity contribution in [2.24, 2.45) is 0 Å². The van der Waals surface area contributed by atoms with E-state index >= 15 is 0 Å². The second-order valence-electron chi connectivity index (χ2n) is 15.7. The Bertz CT molecular complexity index is 996. The van der Waals surface area contributed by atoms with E-state index in [0.717, 1.165) is 70.6 Å². The maximum atomic E-state index is 12.7. The highest BCUT2D eigenvalue weighted by atomic mass is 16.6. The Labute approximate surface area is 346 Å². The molecule has 0 aromatic carbocycles. The lowest BCUT2D eigenvalue weighted by Gasteiger charge is -2.18. The van der Waals surface area contributed by atoms with Gasteiger partial charge in [-0.25, -0.2) is 0 Å². The van der Waals surface area contributed by atoms with E-state index in [9.17, 15) is 14.4 Å². The van der Waals surface area contributed by atoms with Gasteiger partial charge in [0.25, 0.3) is 0 Å². The molecule has 0 amide bonds. The van der Waals surface area contributed by atoms with Gasteiger partial charge in [0.05, 0.1) is 6.42 Å². The van der Waals surface area contributed by atoms with Gasteiger partial charge in [0.2, 0.25) is 0 Å². The molecule has 0 rings (SSSR count).